The number of anilines is 3. The van der Waals surface area contributed by atoms with E-state index in [9.17, 15) is 5.26 Å². The Hall–Kier alpha value is -4.29. The molecule has 6 N–H and O–H groups in total. The van der Waals surface area contributed by atoms with E-state index in [1.54, 1.807) is 6.19 Å². The number of aromatic nitrogens is 1. The summed E-state index contributed by atoms with van der Waals surface area (Å²) in [6.07, 6.45) is 2.04. The van der Waals surface area contributed by atoms with Crippen molar-refractivity contribution < 1.29 is 0 Å². The molecule has 1 unspecified atom stereocenters. The van der Waals surface area contributed by atoms with Crippen LogP contribution in [-0.4, -0.2) is 10.9 Å². The number of nitrogens with zero attached hydrogens (tertiary/aromatic N) is 5. The lowest BCUT2D eigenvalue weighted by Gasteiger charge is -2.26. The summed E-state index contributed by atoms with van der Waals surface area (Å²) in [6, 6.07) is 10.7. The van der Waals surface area contributed by atoms with Gasteiger partial charge < -0.3 is 16.8 Å². The van der Waals surface area contributed by atoms with Gasteiger partial charge in [0.1, 0.15) is 29.3 Å². The predicted molar refractivity (Wildman–Crippen MR) is 95.2 cm³/mol. The first kappa shape index (κ1) is 16.6. The molecule has 9 nitrogen and oxygen atoms in total. The van der Waals surface area contributed by atoms with E-state index in [1.165, 1.54) is 0 Å². The molecule has 1 aliphatic heterocycles. The SMILES string of the molecule is N#CCc1cccc(C2N=C(NC#N)Nc3nc(N)c(C#N)c(N)c32)c1. The van der Waals surface area contributed by atoms with E-state index in [-0.39, 0.29) is 29.4 Å². The minimum Gasteiger partial charge on any atom is -0.397 e. The number of nitrogens with two attached hydrogens (primary N) is 2. The van der Waals surface area contributed by atoms with Crippen LogP contribution in [0.15, 0.2) is 29.3 Å². The summed E-state index contributed by atoms with van der Waals surface area (Å²) < 4.78 is 0. The van der Waals surface area contributed by atoms with Crippen molar-refractivity contribution in [3.63, 3.8) is 0 Å². The summed E-state index contributed by atoms with van der Waals surface area (Å²) in [5, 5.41) is 32.4. The molecule has 2 heterocycles. The molecule has 1 atom stereocenters. The zero-order valence-electron chi connectivity index (χ0n) is 13.5. The second-order valence-corrected chi connectivity index (χ2v) is 5.48. The normalized spacial score (nSPS) is 14.7. The quantitative estimate of drug-likeness (QED) is 0.463. The largest absolute Gasteiger partial charge is 0.397 e. The first-order chi connectivity index (χ1) is 12.6. The summed E-state index contributed by atoms with van der Waals surface area (Å²) in [7, 11) is 0. The number of guanidine groups is 1. The molecule has 26 heavy (non-hydrogen) atoms. The number of rotatable bonds is 2. The average molecular weight is 343 g/mol. The third-order valence-electron chi connectivity index (χ3n) is 3.91. The van der Waals surface area contributed by atoms with Crippen LogP contribution in [-0.2, 0) is 6.42 Å². The van der Waals surface area contributed by atoms with Crippen molar-refractivity contribution in [3.8, 4) is 18.3 Å². The van der Waals surface area contributed by atoms with Gasteiger partial charge in [0.2, 0.25) is 5.96 Å². The van der Waals surface area contributed by atoms with Crippen molar-refractivity contribution in [2.45, 2.75) is 12.5 Å². The number of fused-ring (bicyclic) bond motifs is 1. The molecule has 9 heteroatoms. The van der Waals surface area contributed by atoms with Crippen molar-refractivity contribution in [1.82, 2.24) is 10.3 Å². The fourth-order valence-corrected chi connectivity index (χ4v) is 2.79. The smallest absolute Gasteiger partial charge is 0.211 e. The minimum absolute atomic E-state index is 0.00793. The molecule has 0 spiro atoms. The van der Waals surface area contributed by atoms with Crippen LogP contribution in [0.3, 0.4) is 0 Å². The van der Waals surface area contributed by atoms with Gasteiger partial charge in [-0.25, -0.2) is 9.98 Å². The van der Waals surface area contributed by atoms with Gasteiger partial charge in [-0.1, -0.05) is 24.3 Å². The first-order valence-corrected chi connectivity index (χ1v) is 7.53. The standard InChI is InChI=1S/C17H13N9/c18-5-4-9-2-1-3-10(6-9)14-12-13(21)11(7-19)15(22)25-16(12)26-17(24-14)23-8-20/h1-3,6,14H,4H2,(H6,21,22,23,24,25,26). The Morgan fingerprint density at radius 1 is 1.23 bits per heavy atom. The monoisotopic (exact) mass is 343 g/mol. The molecule has 0 bridgehead atoms. The lowest BCUT2D eigenvalue weighted by Crippen LogP contribution is -2.32. The molecule has 1 aromatic carbocycles. The average Bonchev–Trinajstić information content (AvgIpc) is 2.62. The molecular formula is C17H13N9. The molecule has 126 valence electrons. The van der Waals surface area contributed by atoms with Crippen molar-refractivity contribution in [3.05, 3.63) is 46.5 Å². The molecule has 0 saturated heterocycles. The van der Waals surface area contributed by atoms with Gasteiger partial charge in [0.05, 0.1) is 18.2 Å². The summed E-state index contributed by atoms with van der Waals surface area (Å²) in [6.45, 7) is 0. The fourth-order valence-electron chi connectivity index (χ4n) is 2.79. The van der Waals surface area contributed by atoms with Crippen molar-refractivity contribution in [2.75, 3.05) is 16.8 Å². The van der Waals surface area contributed by atoms with Crippen LogP contribution < -0.4 is 22.1 Å². The van der Waals surface area contributed by atoms with Gasteiger partial charge in [0.15, 0.2) is 6.19 Å². The number of hydrogen-bond acceptors (Lipinski definition) is 9. The van der Waals surface area contributed by atoms with Crippen molar-refractivity contribution in [2.24, 2.45) is 4.99 Å². The fraction of sp³-hybridized carbons (Fsp3) is 0.118. The highest BCUT2D eigenvalue weighted by Gasteiger charge is 2.29. The van der Waals surface area contributed by atoms with Crippen molar-refractivity contribution >= 4 is 23.3 Å². The number of aliphatic imine (C=N–C) groups is 1. The van der Waals surface area contributed by atoms with Gasteiger partial charge in [-0.3, -0.25) is 5.32 Å². The Morgan fingerprint density at radius 3 is 2.73 bits per heavy atom. The third kappa shape index (κ3) is 2.79. The Kier molecular flexibility index (Phi) is 4.25. The van der Waals surface area contributed by atoms with Crippen LogP contribution in [0.25, 0.3) is 0 Å². The van der Waals surface area contributed by atoms with E-state index in [4.69, 9.17) is 22.0 Å². The van der Waals surface area contributed by atoms with Crippen LogP contribution in [0.4, 0.5) is 17.3 Å². The zero-order valence-corrected chi connectivity index (χ0v) is 13.5. The molecule has 3 rings (SSSR count). The molecule has 0 radical (unpaired) electrons. The molecule has 0 saturated carbocycles. The maximum absolute atomic E-state index is 9.31. The second-order valence-electron chi connectivity index (χ2n) is 5.48. The highest BCUT2D eigenvalue weighted by Crippen LogP contribution is 2.40. The van der Waals surface area contributed by atoms with E-state index >= 15 is 0 Å². The van der Waals surface area contributed by atoms with Crippen LogP contribution in [0.5, 0.6) is 0 Å². The number of pyridine rings is 1. The minimum atomic E-state index is -0.610. The van der Waals surface area contributed by atoms with Crippen molar-refractivity contribution in [1.29, 1.82) is 15.8 Å². The molecule has 1 aliphatic rings. The molecule has 0 fully saturated rings. The van der Waals surface area contributed by atoms with Gasteiger partial charge in [-0.15, -0.1) is 0 Å². The van der Waals surface area contributed by atoms with Gasteiger partial charge in [0, 0.05) is 5.56 Å². The first-order valence-electron chi connectivity index (χ1n) is 7.53. The number of hydrogen-bond donors (Lipinski definition) is 4. The van der Waals surface area contributed by atoms with Gasteiger partial charge in [-0.2, -0.15) is 15.8 Å². The van der Waals surface area contributed by atoms with Crippen LogP contribution in [0.1, 0.15) is 28.3 Å². The molecular weight excluding hydrogens is 330 g/mol. The van der Waals surface area contributed by atoms with E-state index in [0.717, 1.165) is 11.1 Å². The van der Waals surface area contributed by atoms with Gasteiger partial charge in [-0.05, 0) is 11.1 Å². The van der Waals surface area contributed by atoms with Crippen LogP contribution in [0.2, 0.25) is 0 Å². The Morgan fingerprint density at radius 2 is 2.04 bits per heavy atom. The number of nitrogens with one attached hydrogen (secondary N) is 2. The maximum atomic E-state index is 9.31. The lowest BCUT2D eigenvalue weighted by molar-refractivity contribution is 0.844. The zero-order chi connectivity index (χ0) is 18.7. The highest BCUT2D eigenvalue weighted by atomic mass is 15.2. The highest BCUT2D eigenvalue weighted by molar-refractivity contribution is 5.98. The van der Waals surface area contributed by atoms with Crippen LogP contribution in [0, 0.1) is 34.1 Å². The van der Waals surface area contributed by atoms with Gasteiger partial charge in [0.25, 0.3) is 0 Å². The van der Waals surface area contributed by atoms with Crippen LogP contribution >= 0.6 is 0 Å². The van der Waals surface area contributed by atoms with E-state index in [0.29, 0.717) is 11.4 Å². The topological polar surface area (TPSA) is 173 Å². The number of nitrogen functional groups attached to an aromatic ring is 2. The van der Waals surface area contributed by atoms with Gasteiger partial charge >= 0.3 is 0 Å². The maximum Gasteiger partial charge on any atom is 0.211 e. The Labute approximate surface area is 149 Å². The Balaban J connectivity index is 2.22. The summed E-state index contributed by atoms with van der Waals surface area (Å²) >= 11 is 0. The summed E-state index contributed by atoms with van der Waals surface area (Å²) in [5.74, 6) is 0.501. The predicted octanol–water partition coefficient (Wildman–Crippen LogP) is 1.13. The molecule has 0 amide bonds. The second kappa shape index (κ2) is 6.68. The van der Waals surface area contributed by atoms with E-state index < -0.39 is 6.04 Å². The third-order valence-corrected chi connectivity index (χ3v) is 3.91. The lowest BCUT2D eigenvalue weighted by atomic mass is 9.94. The number of nitriles is 3. The molecule has 0 aliphatic carbocycles. The summed E-state index contributed by atoms with van der Waals surface area (Å²) in [5.41, 5.74) is 14.3. The Bertz CT molecular complexity index is 1030. The van der Waals surface area contributed by atoms with E-state index in [2.05, 4.69) is 26.7 Å². The summed E-state index contributed by atoms with van der Waals surface area (Å²) in [4.78, 5) is 8.66. The molecule has 1 aromatic heterocycles. The van der Waals surface area contributed by atoms with E-state index in [1.807, 2.05) is 30.3 Å². The number of benzene rings is 1. The molecule has 2 aromatic rings.